The first-order valence-corrected chi connectivity index (χ1v) is 9.30. The third kappa shape index (κ3) is 3.71. The van der Waals surface area contributed by atoms with Crippen molar-refractivity contribution < 1.29 is 22.4 Å². The first-order valence-electron chi connectivity index (χ1n) is 7.75. The van der Waals surface area contributed by atoms with Gasteiger partial charge in [-0.2, -0.15) is 0 Å². The highest BCUT2D eigenvalue weighted by Crippen LogP contribution is 2.26. The highest BCUT2D eigenvalue weighted by molar-refractivity contribution is 7.89. The van der Waals surface area contributed by atoms with Gasteiger partial charge in [-0.25, -0.2) is 13.6 Å². The van der Waals surface area contributed by atoms with E-state index < -0.39 is 10.0 Å². The highest BCUT2D eigenvalue weighted by atomic mass is 32.2. The predicted molar refractivity (Wildman–Crippen MR) is 97.7 cm³/mol. The van der Waals surface area contributed by atoms with Crippen LogP contribution in [0.15, 0.2) is 52.0 Å². The number of anilines is 1. The zero-order chi connectivity index (χ0) is 18.9. The minimum Gasteiger partial charge on any atom is -0.497 e. The molecule has 0 radical (unpaired) electrons. The molecule has 0 fully saturated rings. The number of sulfonamides is 1. The zero-order valence-electron chi connectivity index (χ0n) is 14.3. The van der Waals surface area contributed by atoms with Gasteiger partial charge in [0, 0.05) is 22.7 Å². The van der Waals surface area contributed by atoms with Crippen molar-refractivity contribution in [3.05, 3.63) is 53.8 Å². The molecule has 0 unspecified atom stereocenters. The molecule has 1 aromatic heterocycles. The van der Waals surface area contributed by atoms with Crippen molar-refractivity contribution in [2.75, 3.05) is 12.4 Å². The van der Waals surface area contributed by atoms with E-state index in [4.69, 9.17) is 14.3 Å². The number of furan rings is 1. The molecule has 2 aromatic carbocycles. The average Bonchev–Trinajstić information content (AvgIpc) is 2.97. The van der Waals surface area contributed by atoms with Gasteiger partial charge in [-0.05, 0) is 36.8 Å². The molecular formula is C18H18N2O5S. The van der Waals surface area contributed by atoms with Gasteiger partial charge < -0.3 is 14.5 Å². The van der Waals surface area contributed by atoms with Gasteiger partial charge in [0.2, 0.25) is 15.9 Å². The van der Waals surface area contributed by atoms with Gasteiger partial charge in [0.15, 0.2) is 0 Å². The number of carbonyl (C=O) groups excluding carboxylic acids is 1. The second-order valence-electron chi connectivity index (χ2n) is 5.87. The molecule has 3 rings (SSSR count). The lowest BCUT2D eigenvalue weighted by Crippen LogP contribution is -2.17. The van der Waals surface area contributed by atoms with E-state index >= 15 is 0 Å². The van der Waals surface area contributed by atoms with E-state index in [1.165, 1.54) is 12.3 Å². The van der Waals surface area contributed by atoms with E-state index in [9.17, 15) is 13.2 Å². The average molecular weight is 374 g/mol. The van der Waals surface area contributed by atoms with Crippen molar-refractivity contribution >= 4 is 32.6 Å². The van der Waals surface area contributed by atoms with Crippen LogP contribution in [0.1, 0.15) is 11.1 Å². The van der Waals surface area contributed by atoms with Crippen LogP contribution in [-0.4, -0.2) is 21.4 Å². The Balaban J connectivity index is 1.80. The molecule has 3 N–H and O–H groups in total. The number of ether oxygens (including phenoxy) is 1. The Morgan fingerprint density at radius 1 is 1.23 bits per heavy atom. The van der Waals surface area contributed by atoms with Crippen LogP contribution in [0.5, 0.6) is 5.75 Å². The number of benzene rings is 2. The van der Waals surface area contributed by atoms with Crippen LogP contribution in [0, 0.1) is 6.92 Å². The number of fused-ring (bicyclic) bond motifs is 1. The molecular weight excluding hydrogens is 356 g/mol. The minimum absolute atomic E-state index is 0.0174. The van der Waals surface area contributed by atoms with Crippen LogP contribution in [0.3, 0.4) is 0 Å². The van der Waals surface area contributed by atoms with Crippen LogP contribution in [0.2, 0.25) is 0 Å². The third-order valence-electron chi connectivity index (χ3n) is 3.99. The summed E-state index contributed by atoms with van der Waals surface area (Å²) in [6.07, 6.45) is 1.60. The maximum atomic E-state index is 12.3. The summed E-state index contributed by atoms with van der Waals surface area (Å²) in [5.41, 5.74) is 2.22. The molecule has 0 aliphatic heterocycles. The predicted octanol–water partition coefficient (Wildman–Crippen LogP) is 2.58. The molecule has 3 aromatic rings. The number of rotatable bonds is 5. The largest absolute Gasteiger partial charge is 0.497 e. The molecule has 0 bridgehead atoms. The molecule has 0 saturated heterocycles. The molecule has 0 aliphatic carbocycles. The summed E-state index contributed by atoms with van der Waals surface area (Å²) in [6.45, 7) is 1.64. The highest BCUT2D eigenvalue weighted by Gasteiger charge is 2.15. The first kappa shape index (κ1) is 18.0. The van der Waals surface area contributed by atoms with E-state index in [-0.39, 0.29) is 17.2 Å². The SMILES string of the molecule is COc1ccc2c(CC(=O)Nc3ccc(C)c(S(N)(=O)=O)c3)coc2c1. The molecule has 1 amide bonds. The van der Waals surface area contributed by atoms with Gasteiger partial charge in [-0.15, -0.1) is 0 Å². The lowest BCUT2D eigenvalue weighted by molar-refractivity contribution is -0.115. The second kappa shape index (κ2) is 6.81. The van der Waals surface area contributed by atoms with Gasteiger partial charge in [-0.3, -0.25) is 4.79 Å². The number of primary sulfonamides is 1. The second-order valence-corrected chi connectivity index (χ2v) is 7.40. The van der Waals surface area contributed by atoms with E-state index in [0.29, 0.717) is 22.6 Å². The van der Waals surface area contributed by atoms with Crippen molar-refractivity contribution in [1.29, 1.82) is 0 Å². The number of nitrogens with one attached hydrogen (secondary N) is 1. The fourth-order valence-corrected chi connectivity index (χ4v) is 3.50. The Bertz CT molecular complexity index is 1090. The van der Waals surface area contributed by atoms with Crippen LogP contribution in [0.4, 0.5) is 5.69 Å². The number of amides is 1. The number of hydrogen-bond acceptors (Lipinski definition) is 5. The zero-order valence-corrected chi connectivity index (χ0v) is 15.1. The van der Waals surface area contributed by atoms with Gasteiger partial charge in [0.1, 0.15) is 11.3 Å². The Kier molecular flexibility index (Phi) is 4.71. The van der Waals surface area contributed by atoms with Crippen molar-refractivity contribution in [2.45, 2.75) is 18.2 Å². The maximum absolute atomic E-state index is 12.3. The van der Waals surface area contributed by atoms with Crippen molar-refractivity contribution in [3.63, 3.8) is 0 Å². The topological polar surface area (TPSA) is 112 Å². The van der Waals surface area contributed by atoms with Crippen LogP contribution in [-0.2, 0) is 21.2 Å². The van der Waals surface area contributed by atoms with E-state index in [1.54, 1.807) is 38.3 Å². The molecule has 0 atom stereocenters. The fraction of sp³-hybridized carbons (Fsp3) is 0.167. The first-order chi connectivity index (χ1) is 12.3. The van der Waals surface area contributed by atoms with Gasteiger partial charge in [0.25, 0.3) is 0 Å². The third-order valence-corrected chi connectivity index (χ3v) is 5.05. The lowest BCUT2D eigenvalue weighted by Gasteiger charge is -2.08. The van der Waals surface area contributed by atoms with Crippen molar-refractivity contribution in [1.82, 2.24) is 0 Å². The van der Waals surface area contributed by atoms with Crippen molar-refractivity contribution in [2.24, 2.45) is 5.14 Å². The maximum Gasteiger partial charge on any atom is 0.238 e. The number of nitrogens with two attached hydrogens (primary N) is 1. The number of aryl methyl sites for hydroxylation is 1. The molecule has 8 heteroatoms. The summed E-state index contributed by atoms with van der Waals surface area (Å²) < 4.78 is 33.8. The molecule has 0 spiro atoms. The smallest absolute Gasteiger partial charge is 0.238 e. The Hall–Kier alpha value is -2.84. The summed E-state index contributed by atoms with van der Waals surface area (Å²) in [5, 5.41) is 8.69. The van der Waals surface area contributed by atoms with Gasteiger partial charge >= 0.3 is 0 Å². The molecule has 136 valence electrons. The van der Waals surface area contributed by atoms with Gasteiger partial charge in [0.05, 0.1) is 24.7 Å². The summed E-state index contributed by atoms with van der Waals surface area (Å²) in [5.74, 6) is 0.366. The van der Waals surface area contributed by atoms with E-state index in [1.807, 2.05) is 6.07 Å². The van der Waals surface area contributed by atoms with Crippen LogP contribution >= 0.6 is 0 Å². The number of carbonyl (C=O) groups is 1. The van der Waals surface area contributed by atoms with Crippen molar-refractivity contribution in [3.8, 4) is 5.75 Å². The summed E-state index contributed by atoms with van der Waals surface area (Å²) in [6, 6.07) is 9.92. The molecule has 26 heavy (non-hydrogen) atoms. The standard InChI is InChI=1S/C18H18N2O5S/c1-11-3-4-13(8-17(11)26(19,22)23)20-18(21)7-12-10-25-16-9-14(24-2)5-6-15(12)16/h3-6,8-10H,7H2,1-2H3,(H,20,21)(H2,19,22,23). The molecule has 7 nitrogen and oxygen atoms in total. The van der Waals surface area contributed by atoms with Gasteiger partial charge in [-0.1, -0.05) is 6.07 Å². The van der Waals surface area contributed by atoms with Crippen LogP contribution < -0.4 is 15.2 Å². The van der Waals surface area contributed by atoms with E-state index in [0.717, 1.165) is 10.9 Å². The molecule has 0 aliphatic rings. The lowest BCUT2D eigenvalue weighted by atomic mass is 10.1. The Morgan fingerprint density at radius 3 is 2.69 bits per heavy atom. The minimum atomic E-state index is -3.86. The summed E-state index contributed by atoms with van der Waals surface area (Å²) >= 11 is 0. The monoisotopic (exact) mass is 374 g/mol. The molecule has 0 saturated carbocycles. The fourth-order valence-electron chi connectivity index (χ4n) is 2.69. The quantitative estimate of drug-likeness (QED) is 0.713. The van der Waals surface area contributed by atoms with E-state index in [2.05, 4.69) is 5.32 Å². The Labute approximate surface area is 150 Å². The normalized spacial score (nSPS) is 11.5. The molecule has 1 heterocycles. The Morgan fingerprint density at radius 2 is 2.00 bits per heavy atom. The summed E-state index contributed by atoms with van der Waals surface area (Å²) in [4.78, 5) is 12.3. The number of methoxy groups -OCH3 is 1. The van der Waals surface area contributed by atoms with Crippen LogP contribution in [0.25, 0.3) is 11.0 Å². The number of hydrogen-bond donors (Lipinski definition) is 2. The summed E-state index contributed by atoms with van der Waals surface area (Å²) in [7, 11) is -2.29.